The lowest BCUT2D eigenvalue weighted by molar-refractivity contribution is 0.164. The predicted octanol–water partition coefficient (Wildman–Crippen LogP) is 4.31. The van der Waals surface area contributed by atoms with E-state index in [1.807, 2.05) is 0 Å². The number of phenolic OH excluding ortho intramolecular Hbond substituents is 1. The number of hydrogen-bond acceptors (Lipinski definition) is 10. The molecule has 0 spiro atoms. The molecule has 12 heteroatoms. The van der Waals surface area contributed by atoms with Crippen LogP contribution in [0.5, 0.6) is 17.6 Å². The van der Waals surface area contributed by atoms with Crippen LogP contribution in [-0.2, 0) is 0 Å². The molecule has 10 nitrogen and oxygen atoms in total. The van der Waals surface area contributed by atoms with E-state index < -0.39 is 11.6 Å². The van der Waals surface area contributed by atoms with Gasteiger partial charge in [-0.1, -0.05) is 12.0 Å². The molecule has 2 bridgehead atoms. The van der Waals surface area contributed by atoms with Gasteiger partial charge in [-0.05, 0) is 76.3 Å². The zero-order chi connectivity index (χ0) is 33.6. The molecule has 254 valence electrons. The van der Waals surface area contributed by atoms with Crippen LogP contribution >= 0.6 is 0 Å². The van der Waals surface area contributed by atoms with Gasteiger partial charge in [-0.2, -0.15) is 9.97 Å². The summed E-state index contributed by atoms with van der Waals surface area (Å²) in [6.07, 6.45) is 11.1. The number of benzene rings is 2. The second-order valence-electron chi connectivity index (χ2n) is 14.8. The number of pyridine rings is 1. The van der Waals surface area contributed by atoms with Gasteiger partial charge >= 0.3 is 6.01 Å². The molecule has 49 heavy (non-hydrogen) atoms. The Labute approximate surface area is 283 Å². The average Bonchev–Trinajstić information content (AvgIpc) is 3.55. The molecule has 2 aromatic carbocycles. The van der Waals surface area contributed by atoms with E-state index in [0.29, 0.717) is 42.4 Å². The van der Waals surface area contributed by atoms with Crippen LogP contribution in [0.15, 0.2) is 24.3 Å². The van der Waals surface area contributed by atoms with E-state index in [1.54, 1.807) is 0 Å². The molecule has 4 atom stereocenters. The van der Waals surface area contributed by atoms with Gasteiger partial charge < -0.3 is 34.6 Å². The Bertz CT molecular complexity index is 2050. The maximum absolute atomic E-state index is 17.1. The number of nitrogens with zero attached hydrogens (tertiary/aromatic N) is 6. The molecule has 0 amide bonds. The molecule has 0 unspecified atom stereocenters. The molecule has 9 rings (SSSR count). The maximum atomic E-state index is 17.1. The highest BCUT2D eigenvalue weighted by atomic mass is 19.1. The molecule has 2 N–H and O–H groups in total. The minimum Gasteiger partial charge on any atom is -0.508 e. The number of rotatable bonds is 7. The maximum Gasteiger partial charge on any atom is 0.319 e. The normalized spacial score (nSPS) is 25.3. The number of likely N-dealkylation sites (tertiary alicyclic amines) is 1. The highest BCUT2D eigenvalue weighted by Crippen LogP contribution is 2.48. The van der Waals surface area contributed by atoms with Crippen LogP contribution in [0.2, 0.25) is 0 Å². The van der Waals surface area contributed by atoms with Gasteiger partial charge in [0.15, 0.2) is 5.82 Å². The first-order chi connectivity index (χ1) is 23.7. The summed E-state index contributed by atoms with van der Waals surface area (Å²) in [6, 6.07) is 6.63. The molecule has 1 aliphatic carbocycles. The summed E-state index contributed by atoms with van der Waals surface area (Å²) >= 11 is 0. The van der Waals surface area contributed by atoms with Gasteiger partial charge in [0, 0.05) is 54.1 Å². The van der Waals surface area contributed by atoms with Crippen molar-refractivity contribution in [1.29, 1.82) is 0 Å². The fourth-order valence-corrected chi connectivity index (χ4v) is 8.51. The number of likely N-dealkylation sites (N-methyl/N-ethyl adjacent to an activating group) is 1. The predicted molar refractivity (Wildman–Crippen MR) is 182 cm³/mol. The van der Waals surface area contributed by atoms with Gasteiger partial charge in [0.25, 0.3) is 0 Å². The highest BCUT2D eigenvalue weighted by molar-refractivity contribution is 6.04. The van der Waals surface area contributed by atoms with Crippen molar-refractivity contribution in [2.75, 3.05) is 58.4 Å². The number of fused-ring (bicyclic) bond motifs is 6. The third-order valence-corrected chi connectivity index (χ3v) is 11.4. The summed E-state index contributed by atoms with van der Waals surface area (Å²) in [6.45, 7) is 4.47. The topological polar surface area (TPSA) is 99.1 Å². The summed E-state index contributed by atoms with van der Waals surface area (Å²) in [7, 11) is 4.27. The van der Waals surface area contributed by atoms with Crippen molar-refractivity contribution in [1.82, 2.24) is 30.1 Å². The van der Waals surface area contributed by atoms with E-state index in [4.69, 9.17) is 25.9 Å². The number of aromatic nitrogens is 3. The van der Waals surface area contributed by atoms with Crippen LogP contribution in [0.25, 0.3) is 32.9 Å². The first-order valence-electron chi connectivity index (χ1n) is 17.2. The minimum absolute atomic E-state index is 0.0000946. The fourth-order valence-electron chi connectivity index (χ4n) is 8.51. The third-order valence-electron chi connectivity index (χ3n) is 11.4. The Morgan fingerprint density at radius 3 is 2.76 bits per heavy atom. The standard InChI is InChI=1S/C37H39F2N7O3/c1-4-24-26(38)7-5-20-13-23(47)14-25(29(20)24)32-31(39)33-30-34(46-15-21-6-8-27(40-21)28(46)17-48-35(30)41-32)43-36(42-33)49-19-37(10-11-37)18-45-12-9-22(16-45)44(2)3/h1,5,7,13-14,21-22,27-28,40,47H,6,8-12,15-19H2,2-3H3/t21-,22+,27+,28-/m1/s1. The van der Waals surface area contributed by atoms with Crippen LogP contribution in [-0.4, -0.2) is 108 Å². The van der Waals surface area contributed by atoms with E-state index in [1.165, 1.54) is 24.3 Å². The molecule has 1 saturated carbocycles. The second kappa shape index (κ2) is 11.4. The number of terminal acetylenes is 1. The van der Waals surface area contributed by atoms with E-state index in [9.17, 15) is 9.50 Å². The van der Waals surface area contributed by atoms with Gasteiger partial charge in [0.2, 0.25) is 5.88 Å². The van der Waals surface area contributed by atoms with E-state index in [-0.39, 0.29) is 68.9 Å². The number of phenols is 1. The van der Waals surface area contributed by atoms with Crippen molar-refractivity contribution in [2.45, 2.75) is 56.3 Å². The lowest BCUT2D eigenvalue weighted by Crippen LogP contribution is -2.60. The second-order valence-corrected chi connectivity index (χ2v) is 14.8. The highest BCUT2D eigenvalue weighted by Gasteiger charge is 2.47. The van der Waals surface area contributed by atoms with Crippen molar-refractivity contribution >= 4 is 27.5 Å². The summed E-state index contributed by atoms with van der Waals surface area (Å²) in [5.41, 5.74) is -0.0393. The van der Waals surface area contributed by atoms with E-state index >= 15 is 4.39 Å². The first kappa shape index (κ1) is 30.7. The SMILES string of the molecule is C#Cc1c(F)ccc2cc(O)cc(-c3nc4c5c(nc(OCC6(CN7CC[C@H](N(C)C)C7)CC6)nc5c3F)N3C[C@H]5CC[C@H](N5)[C@H]3CO4)c12. The number of hydrogen-bond donors (Lipinski definition) is 2. The Kier molecular flexibility index (Phi) is 7.13. The van der Waals surface area contributed by atoms with Crippen LogP contribution < -0.4 is 19.7 Å². The van der Waals surface area contributed by atoms with Crippen LogP contribution in [0.3, 0.4) is 0 Å². The summed E-state index contributed by atoms with van der Waals surface area (Å²) < 4.78 is 44.9. The lowest BCUT2D eigenvalue weighted by atomic mass is 9.95. The number of ether oxygens (including phenoxy) is 2. The van der Waals surface area contributed by atoms with Crippen molar-refractivity contribution in [3.05, 3.63) is 41.5 Å². The fraction of sp³-hybridized carbons (Fsp3) is 0.486. The number of nitrogens with one attached hydrogen (secondary N) is 1. The molecule has 0 radical (unpaired) electrons. The zero-order valence-electron chi connectivity index (χ0n) is 27.7. The number of halogens is 2. The zero-order valence-corrected chi connectivity index (χ0v) is 27.7. The summed E-state index contributed by atoms with van der Waals surface area (Å²) in [4.78, 5) is 21.4. The first-order valence-corrected chi connectivity index (χ1v) is 17.2. The van der Waals surface area contributed by atoms with Gasteiger partial charge in [-0.25, -0.2) is 13.8 Å². The smallest absolute Gasteiger partial charge is 0.319 e. The van der Waals surface area contributed by atoms with Crippen molar-refractivity contribution in [3.63, 3.8) is 0 Å². The number of aromatic hydroxyl groups is 1. The monoisotopic (exact) mass is 667 g/mol. The lowest BCUT2D eigenvalue weighted by Gasteiger charge is -2.40. The summed E-state index contributed by atoms with van der Waals surface area (Å²) in [5.74, 6) is 1.62. The largest absolute Gasteiger partial charge is 0.508 e. The summed E-state index contributed by atoms with van der Waals surface area (Å²) in [5, 5.41) is 15.5. The Morgan fingerprint density at radius 1 is 1.12 bits per heavy atom. The average molecular weight is 668 g/mol. The Balaban J connectivity index is 1.16. The van der Waals surface area contributed by atoms with Gasteiger partial charge in [-0.3, -0.25) is 0 Å². The van der Waals surface area contributed by atoms with Crippen LogP contribution in [0.1, 0.15) is 37.7 Å². The molecule has 6 heterocycles. The van der Waals surface area contributed by atoms with E-state index in [2.05, 4.69) is 45.0 Å². The van der Waals surface area contributed by atoms with Gasteiger partial charge in [0.05, 0.1) is 18.2 Å². The molecule has 4 aromatic rings. The molecule has 4 fully saturated rings. The molecule has 2 aromatic heterocycles. The van der Waals surface area contributed by atoms with Gasteiger partial charge in [-0.15, -0.1) is 6.42 Å². The number of piperazine rings is 1. The minimum atomic E-state index is -0.750. The Morgan fingerprint density at radius 2 is 1.98 bits per heavy atom. The number of anilines is 1. The molecular formula is C37H39F2N7O3. The van der Waals surface area contributed by atoms with Crippen molar-refractivity contribution in [3.8, 4) is 41.2 Å². The van der Waals surface area contributed by atoms with Crippen molar-refractivity contribution in [2.24, 2.45) is 5.41 Å². The van der Waals surface area contributed by atoms with E-state index in [0.717, 1.165) is 51.7 Å². The molecule has 3 saturated heterocycles. The van der Waals surface area contributed by atoms with Gasteiger partial charge in [0.1, 0.15) is 40.6 Å². The molecular weight excluding hydrogens is 628 g/mol. The van der Waals surface area contributed by atoms with Crippen molar-refractivity contribution < 1.29 is 23.4 Å². The van der Waals surface area contributed by atoms with Crippen LogP contribution in [0, 0.1) is 29.4 Å². The Hall–Kier alpha value is -4.31. The third kappa shape index (κ3) is 5.13. The van der Waals surface area contributed by atoms with Crippen LogP contribution in [0.4, 0.5) is 14.6 Å². The quantitative estimate of drug-likeness (QED) is 0.278. The molecule has 4 aliphatic heterocycles. The molecule has 5 aliphatic rings.